The lowest BCUT2D eigenvalue weighted by Gasteiger charge is -2.64. The second-order valence-electron chi connectivity index (χ2n) is 18.5. The first-order valence-corrected chi connectivity index (χ1v) is 20.5. The van der Waals surface area contributed by atoms with Gasteiger partial charge in [-0.3, -0.25) is 4.79 Å². The topological polar surface area (TPSA) is 106 Å². The molecule has 13 atom stereocenters. The third-order valence-electron chi connectivity index (χ3n) is 16.0. The van der Waals surface area contributed by atoms with Gasteiger partial charge in [-0.15, -0.1) is 0 Å². The van der Waals surface area contributed by atoms with Crippen molar-refractivity contribution >= 4 is 15.9 Å². The molecule has 2 saturated heterocycles. The summed E-state index contributed by atoms with van der Waals surface area (Å²) in [6.07, 6.45) is 8.80. The van der Waals surface area contributed by atoms with E-state index in [1.54, 1.807) is 7.05 Å². The second-order valence-corrected chi connectivity index (χ2v) is 20.6. The predicted octanol–water partition coefficient (Wildman–Crippen LogP) is 4.92. The molecule has 10 heteroatoms. The van der Waals surface area contributed by atoms with Gasteiger partial charge >= 0.3 is 0 Å². The zero-order valence-corrected chi connectivity index (χ0v) is 31.3. The molecular formula is C37H62N2O7S. The van der Waals surface area contributed by atoms with E-state index >= 15 is 0 Å². The molecule has 2 heterocycles. The van der Waals surface area contributed by atoms with E-state index in [2.05, 4.69) is 34.6 Å². The first kappa shape index (κ1) is 34.7. The van der Waals surface area contributed by atoms with Crippen LogP contribution in [0.1, 0.15) is 99.8 Å². The summed E-state index contributed by atoms with van der Waals surface area (Å²) in [5.41, 5.74) is 0.255. The van der Waals surface area contributed by atoms with Crippen LogP contribution in [0, 0.1) is 56.7 Å². The maximum absolute atomic E-state index is 12.7. The number of sulfonamides is 1. The lowest BCUT2D eigenvalue weighted by Crippen LogP contribution is -2.60. The van der Waals surface area contributed by atoms with Gasteiger partial charge in [0.2, 0.25) is 15.9 Å². The molecule has 7 aliphatic rings. The second kappa shape index (κ2) is 11.1. The first-order valence-electron chi connectivity index (χ1n) is 18.6. The van der Waals surface area contributed by atoms with Crippen LogP contribution in [0.3, 0.4) is 0 Å². The number of hydrogen-bond acceptors (Lipinski definition) is 7. The van der Waals surface area contributed by atoms with Crippen LogP contribution >= 0.6 is 0 Å². The van der Waals surface area contributed by atoms with Crippen LogP contribution in [0.15, 0.2) is 0 Å². The number of amides is 1. The van der Waals surface area contributed by atoms with Gasteiger partial charge in [0.25, 0.3) is 0 Å². The minimum Gasteiger partial charge on any atom is -0.390 e. The van der Waals surface area contributed by atoms with Gasteiger partial charge in [0.15, 0.2) is 6.29 Å². The Morgan fingerprint density at radius 2 is 1.74 bits per heavy atom. The van der Waals surface area contributed by atoms with Crippen LogP contribution in [-0.2, 0) is 29.0 Å². The Labute approximate surface area is 283 Å². The average molecular weight is 679 g/mol. The molecule has 2 spiro atoms. The molecule has 7 fully saturated rings. The van der Waals surface area contributed by atoms with Crippen molar-refractivity contribution in [2.24, 2.45) is 56.7 Å². The van der Waals surface area contributed by atoms with E-state index in [0.717, 1.165) is 38.5 Å². The van der Waals surface area contributed by atoms with E-state index in [0.29, 0.717) is 44.0 Å². The molecule has 4 unspecified atom stereocenters. The van der Waals surface area contributed by atoms with E-state index < -0.39 is 16.1 Å². The van der Waals surface area contributed by atoms with E-state index in [4.69, 9.17) is 14.2 Å². The quantitative estimate of drug-likeness (QED) is 0.426. The molecule has 5 saturated carbocycles. The van der Waals surface area contributed by atoms with Crippen molar-refractivity contribution in [1.82, 2.24) is 9.21 Å². The van der Waals surface area contributed by atoms with Crippen LogP contribution in [0.2, 0.25) is 0 Å². The monoisotopic (exact) mass is 678 g/mol. The SMILES string of the molecule is CC(C)C(=O)N1CCO[C@@H](OC2CC[C@]34C[C@]35CC[C@]3(C)C6C(OC(CN(C)S(C)(=O)=O)C[C@H]6C)[C@H](O)[C@@]3(C)[C@@H]5CC[C@H]4C2(C)C)C1. The molecule has 9 nitrogen and oxygen atoms in total. The number of hydrogen-bond donors (Lipinski definition) is 1. The number of aliphatic hydroxyl groups excluding tert-OH is 1. The Kier molecular flexibility index (Phi) is 8.19. The van der Waals surface area contributed by atoms with Gasteiger partial charge in [0, 0.05) is 31.5 Å². The number of likely N-dealkylation sites (N-methyl/N-ethyl adjacent to an activating group) is 1. The molecule has 7 rings (SSSR count). The van der Waals surface area contributed by atoms with Crippen molar-refractivity contribution in [1.29, 1.82) is 0 Å². The zero-order chi connectivity index (χ0) is 34.1. The third-order valence-corrected chi connectivity index (χ3v) is 17.3. The minimum atomic E-state index is -3.30. The first-order chi connectivity index (χ1) is 21.8. The van der Waals surface area contributed by atoms with Crippen LogP contribution in [-0.4, -0.2) is 98.9 Å². The Bertz CT molecular complexity index is 1370. The van der Waals surface area contributed by atoms with Crippen molar-refractivity contribution in [3.05, 3.63) is 0 Å². The van der Waals surface area contributed by atoms with Gasteiger partial charge in [-0.2, -0.15) is 0 Å². The lowest BCUT2D eigenvalue weighted by molar-refractivity contribution is -0.248. The summed E-state index contributed by atoms with van der Waals surface area (Å²) in [5.74, 6) is 1.77. The zero-order valence-electron chi connectivity index (χ0n) is 30.5. The van der Waals surface area contributed by atoms with Crippen LogP contribution in [0.25, 0.3) is 0 Å². The normalized spacial score (nSPS) is 50.3. The Morgan fingerprint density at radius 3 is 2.43 bits per heavy atom. The molecule has 0 aromatic carbocycles. The van der Waals surface area contributed by atoms with Gasteiger partial charge in [-0.25, -0.2) is 12.7 Å². The highest BCUT2D eigenvalue weighted by Crippen LogP contribution is 2.89. The highest BCUT2D eigenvalue weighted by Gasteiger charge is 2.84. The third kappa shape index (κ3) is 4.76. The van der Waals surface area contributed by atoms with Crippen molar-refractivity contribution < 1.29 is 32.5 Å². The number of morpholine rings is 1. The number of carbonyl (C=O) groups is 1. The number of rotatable bonds is 6. The van der Waals surface area contributed by atoms with Crippen molar-refractivity contribution in [3.8, 4) is 0 Å². The summed E-state index contributed by atoms with van der Waals surface area (Å²) in [6, 6.07) is 0. The molecule has 0 aromatic rings. The van der Waals surface area contributed by atoms with Gasteiger partial charge in [-0.05, 0) is 96.7 Å². The Hall–Kier alpha value is -0.780. The molecule has 0 radical (unpaired) electrons. The van der Waals surface area contributed by atoms with Gasteiger partial charge < -0.3 is 24.2 Å². The standard InChI is InChI=1S/C37H62N2O7S/c1-22(2)32(41)39-16-17-44-28(20-39)46-27-12-13-36-21-37(36)15-14-34(6)29-23(3)18-24(19-38(8)47(9,42)43)45-30(29)31(40)35(34,7)26(37)11-10-25(36)33(27,4)5/h22-31,40H,10-21H2,1-9H3/t23-,24?,25+,26+,27?,28+,29?,30?,31+,34-,35-,36-,37+/m1/s1. The molecule has 268 valence electrons. The molecule has 1 amide bonds. The lowest BCUT2D eigenvalue weighted by atomic mass is 9.41. The summed E-state index contributed by atoms with van der Waals surface area (Å²) in [4.78, 5) is 14.7. The van der Waals surface area contributed by atoms with Crippen LogP contribution in [0.4, 0.5) is 0 Å². The van der Waals surface area contributed by atoms with Crippen molar-refractivity contribution in [2.75, 3.05) is 39.5 Å². The molecular weight excluding hydrogens is 616 g/mol. The summed E-state index contributed by atoms with van der Waals surface area (Å²) in [5, 5.41) is 12.4. The average Bonchev–Trinajstić information content (AvgIpc) is 3.62. The summed E-state index contributed by atoms with van der Waals surface area (Å²) in [7, 11) is -1.67. The summed E-state index contributed by atoms with van der Waals surface area (Å²) in [6.45, 7) is 17.9. The molecule has 5 aliphatic carbocycles. The maximum Gasteiger partial charge on any atom is 0.225 e. The summed E-state index contributed by atoms with van der Waals surface area (Å²) >= 11 is 0. The molecule has 47 heavy (non-hydrogen) atoms. The molecule has 0 aromatic heterocycles. The van der Waals surface area contributed by atoms with E-state index in [9.17, 15) is 18.3 Å². The van der Waals surface area contributed by atoms with Gasteiger partial charge in [0.05, 0.1) is 43.8 Å². The highest BCUT2D eigenvalue weighted by atomic mass is 32.2. The summed E-state index contributed by atoms with van der Waals surface area (Å²) < 4.78 is 45.5. The molecule has 1 N–H and O–H groups in total. The fourth-order valence-corrected chi connectivity index (χ4v) is 14.1. The van der Waals surface area contributed by atoms with E-state index in [-0.39, 0.29) is 69.4 Å². The van der Waals surface area contributed by atoms with E-state index in [1.165, 1.54) is 23.4 Å². The maximum atomic E-state index is 12.7. The Balaban J connectivity index is 1.10. The number of ether oxygens (including phenoxy) is 3. The van der Waals surface area contributed by atoms with E-state index in [1.807, 2.05) is 18.7 Å². The smallest absolute Gasteiger partial charge is 0.225 e. The van der Waals surface area contributed by atoms with Gasteiger partial charge in [-0.1, -0.05) is 48.5 Å². The van der Waals surface area contributed by atoms with Crippen molar-refractivity contribution in [2.45, 2.75) is 131 Å². The fourth-order valence-electron chi connectivity index (χ4n) is 13.6. The minimum absolute atomic E-state index is 0.0131. The number of fused-ring (bicyclic) bond motifs is 4. The van der Waals surface area contributed by atoms with Gasteiger partial charge in [0.1, 0.15) is 0 Å². The fraction of sp³-hybridized carbons (Fsp3) is 0.973. The predicted molar refractivity (Wildman–Crippen MR) is 180 cm³/mol. The van der Waals surface area contributed by atoms with Crippen LogP contribution < -0.4 is 0 Å². The molecule has 2 aliphatic heterocycles. The Morgan fingerprint density at radius 1 is 1.06 bits per heavy atom. The number of nitrogens with zero attached hydrogens (tertiary/aromatic N) is 2. The number of aliphatic hydroxyl groups is 1. The van der Waals surface area contributed by atoms with Crippen LogP contribution in [0.5, 0.6) is 0 Å². The number of carbonyl (C=O) groups excluding carboxylic acids is 1. The highest BCUT2D eigenvalue weighted by molar-refractivity contribution is 7.88. The van der Waals surface area contributed by atoms with Crippen molar-refractivity contribution in [3.63, 3.8) is 0 Å². The molecule has 0 bridgehead atoms. The largest absolute Gasteiger partial charge is 0.390 e.